The molecule has 2 heterocycles. The van der Waals surface area contributed by atoms with E-state index in [0.29, 0.717) is 30.0 Å². The average Bonchev–Trinajstić information content (AvgIpc) is 3.42. The predicted molar refractivity (Wildman–Crippen MR) is 123 cm³/mol. The molecule has 1 aromatic heterocycles. The molecule has 3 aromatic rings. The van der Waals surface area contributed by atoms with Crippen LogP contribution >= 0.6 is 11.3 Å². The normalized spacial score (nSPS) is 17.5. The highest BCUT2D eigenvalue weighted by Gasteiger charge is 2.30. The van der Waals surface area contributed by atoms with Crippen LogP contribution in [0.3, 0.4) is 0 Å². The number of thiazole rings is 1. The molecular formula is C24H21F3N4OS. The van der Waals surface area contributed by atoms with Gasteiger partial charge in [0.1, 0.15) is 23.0 Å². The first-order chi connectivity index (χ1) is 15.7. The van der Waals surface area contributed by atoms with Crippen LogP contribution < -0.4 is 16.0 Å². The number of carbonyl (C=O) groups excluding carboxylic acids is 1. The molecule has 1 saturated heterocycles. The lowest BCUT2D eigenvalue weighted by molar-refractivity contribution is 0.101. The molecule has 2 aromatic carbocycles. The van der Waals surface area contributed by atoms with Crippen LogP contribution in [-0.2, 0) is 5.41 Å². The molecule has 9 heteroatoms. The van der Waals surface area contributed by atoms with E-state index in [1.807, 2.05) is 0 Å². The SMILES string of the molecule is C#C[C@@](C)(c1ccc(F)cc1)c1csc(NC(=O)c2c(F)cc(N3CCC(N)C3)cc2F)n1. The Kier molecular flexibility index (Phi) is 6.15. The van der Waals surface area contributed by atoms with Gasteiger partial charge in [-0.05, 0) is 43.2 Å². The Bertz CT molecular complexity index is 1210. The molecule has 33 heavy (non-hydrogen) atoms. The Morgan fingerprint density at radius 3 is 2.52 bits per heavy atom. The highest BCUT2D eigenvalue weighted by Crippen LogP contribution is 2.34. The minimum Gasteiger partial charge on any atom is -0.370 e. The summed E-state index contributed by atoms with van der Waals surface area (Å²) in [4.78, 5) is 18.8. The average molecular weight is 471 g/mol. The monoisotopic (exact) mass is 470 g/mol. The van der Waals surface area contributed by atoms with Crippen molar-refractivity contribution in [2.75, 3.05) is 23.3 Å². The van der Waals surface area contributed by atoms with E-state index in [1.165, 1.54) is 12.1 Å². The second-order valence-electron chi connectivity index (χ2n) is 8.05. The standard InChI is InChI=1S/C24H21F3N4OS/c1-3-24(2,14-4-6-15(25)7-5-14)20-13-33-23(29-20)30-22(32)21-18(26)10-17(11-19(21)27)31-9-8-16(28)12-31/h1,4-7,10-11,13,16H,8-9,12,28H2,2H3,(H,29,30,32)/t16?,24-/m0/s1. The van der Waals surface area contributed by atoms with Crippen molar-refractivity contribution in [1.29, 1.82) is 0 Å². The Labute approximate surface area is 193 Å². The molecule has 0 radical (unpaired) electrons. The lowest BCUT2D eigenvalue weighted by atomic mass is 9.81. The molecule has 1 amide bonds. The number of nitrogens with two attached hydrogens (primary N) is 1. The minimum atomic E-state index is -0.984. The molecule has 170 valence electrons. The van der Waals surface area contributed by atoms with Gasteiger partial charge in [0, 0.05) is 30.2 Å². The van der Waals surface area contributed by atoms with Gasteiger partial charge in [-0.2, -0.15) is 0 Å². The number of nitrogens with zero attached hydrogens (tertiary/aromatic N) is 2. The topological polar surface area (TPSA) is 71.2 Å². The van der Waals surface area contributed by atoms with Gasteiger partial charge in [-0.15, -0.1) is 17.8 Å². The second kappa shape index (κ2) is 8.89. The summed E-state index contributed by atoms with van der Waals surface area (Å²) in [6, 6.07) is 7.93. The van der Waals surface area contributed by atoms with Crippen molar-refractivity contribution in [3.8, 4) is 12.3 Å². The molecule has 1 aliphatic rings. The van der Waals surface area contributed by atoms with Crippen molar-refractivity contribution in [3.05, 3.63) is 76.1 Å². The molecule has 0 bridgehead atoms. The Morgan fingerprint density at radius 2 is 1.94 bits per heavy atom. The third-order valence-electron chi connectivity index (χ3n) is 5.79. The Balaban J connectivity index is 1.55. The lowest BCUT2D eigenvalue weighted by Gasteiger charge is -2.22. The maximum absolute atomic E-state index is 14.7. The van der Waals surface area contributed by atoms with Gasteiger partial charge in [-0.25, -0.2) is 18.2 Å². The van der Waals surface area contributed by atoms with Crippen molar-refractivity contribution >= 4 is 28.1 Å². The minimum absolute atomic E-state index is 0.0539. The summed E-state index contributed by atoms with van der Waals surface area (Å²) < 4.78 is 42.7. The number of anilines is 2. The zero-order valence-corrected chi connectivity index (χ0v) is 18.6. The second-order valence-corrected chi connectivity index (χ2v) is 8.91. The fraction of sp³-hybridized carbons (Fsp3) is 0.250. The number of hydrogen-bond donors (Lipinski definition) is 2. The van der Waals surface area contributed by atoms with Gasteiger partial charge >= 0.3 is 0 Å². The molecule has 0 saturated carbocycles. The third-order valence-corrected chi connectivity index (χ3v) is 6.55. The van der Waals surface area contributed by atoms with E-state index in [1.54, 1.807) is 29.3 Å². The number of rotatable bonds is 5. The molecule has 1 aliphatic heterocycles. The van der Waals surface area contributed by atoms with Gasteiger partial charge < -0.3 is 10.6 Å². The smallest absolute Gasteiger partial charge is 0.263 e. The van der Waals surface area contributed by atoms with Crippen LogP contribution in [-0.4, -0.2) is 30.0 Å². The van der Waals surface area contributed by atoms with Gasteiger partial charge in [0.15, 0.2) is 5.13 Å². The summed E-state index contributed by atoms with van der Waals surface area (Å²) in [5.41, 5.74) is 5.61. The zero-order chi connectivity index (χ0) is 23.8. The van der Waals surface area contributed by atoms with Crippen LogP contribution in [0.5, 0.6) is 0 Å². The van der Waals surface area contributed by atoms with Crippen molar-refractivity contribution < 1.29 is 18.0 Å². The van der Waals surface area contributed by atoms with Crippen LogP contribution in [0, 0.1) is 29.8 Å². The number of nitrogens with one attached hydrogen (secondary N) is 1. The maximum Gasteiger partial charge on any atom is 0.263 e. The fourth-order valence-corrected chi connectivity index (χ4v) is 4.60. The summed E-state index contributed by atoms with van der Waals surface area (Å²) in [6.45, 7) is 2.83. The van der Waals surface area contributed by atoms with Crippen molar-refractivity contribution in [3.63, 3.8) is 0 Å². The summed E-state index contributed by atoms with van der Waals surface area (Å²) >= 11 is 1.07. The van der Waals surface area contributed by atoms with Crippen LogP contribution in [0.1, 0.15) is 35.0 Å². The lowest BCUT2D eigenvalue weighted by Crippen LogP contribution is -2.26. The van der Waals surface area contributed by atoms with E-state index >= 15 is 0 Å². The summed E-state index contributed by atoms with van der Waals surface area (Å²) in [5, 5.41) is 4.21. The van der Waals surface area contributed by atoms with Crippen molar-refractivity contribution in [2.24, 2.45) is 5.73 Å². The highest BCUT2D eigenvalue weighted by atomic mass is 32.1. The van der Waals surface area contributed by atoms with Gasteiger partial charge in [0.25, 0.3) is 5.91 Å². The zero-order valence-electron chi connectivity index (χ0n) is 17.7. The van der Waals surface area contributed by atoms with Crippen molar-refractivity contribution in [2.45, 2.75) is 24.8 Å². The first-order valence-electron chi connectivity index (χ1n) is 10.2. The molecule has 5 nitrogen and oxygen atoms in total. The largest absolute Gasteiger partial charge is 0.370 e. The van der Waals surface area contributed by atoms with Gasteiger partial charge in [-0.3, -0.25) is 10.1 Å². The van der Waals surface area contributed by atoms with Crippen LogP contribution in [0.4, 0.5) is 24.0 Å². The third kappa shape index (κ3) is 4.45. The quantitative estimate of drug-likeness (QED) is 0.546. The van der Waals surface area contributed by atoms with Gasteiger partial charge in [-0.1, -0.05) is 18.1 Å². The number of carbonyl (C=O) groups is 1. The van der Waals surface area contributed by atoms with Crippen LogP contribution in [0.2, 0.25) is 0 Å². The molecule has 1 fully saturated rings. The molecule has 0 spiro atoms. The van der Waals surface area contributed by atoms with E-state index in [0.717, 1.165) is 29.9 Å². The predicted octanol–water partition coefficient (Wildman–Crippen LogP) is 4.29. The molecule has 4 rings (SSSR count). The molecule has 3 N–H and O–H groups in total. The number of hydrogen-bond acceptors (Lipinski definition) is 5. The summed E-state index contributed by atoms with van der Waals surface area (Å²) in [5.74, 6) is -0.642. The Hall–Kier alpha value is -3.35. The molecule has 2 atom stereocenters. The van der Waals surface area contributed by atoms with Gasteiger partial charge in [0.05, 0.1) is 11.1 Å². The van der Waals surface area contributed by atoms with E-state index in [2.05, 4.69) is 16.2 Å². The van der Waals surface area contributed by atoms with E-state index in [4.69, 9.17) is 12.2 Å². The number of amides is 1. The molecule has 1 unspecified atom stereocenters. The number of halogens is 3. The highest BCUT2D eigenvalue weighted by molar-refractivity contribution is 7.14. The van der Waals surface area contributed by atoms with Crippen LogP contribution in [0.25, 0.3) is 0 Å². The van der Waals surface area contributed by atoms with E-state index < -0.39 is 34.3 Å². The first-order valence-corrected chi connectivity index (χ1v) is 11.1. The van der Waals surface area contributed by atoms with E-state index in [-0.39, 0.29) is 11.2 Å². The summed E-state index contributed by atoms with van der Waals surface area (Å²) in [7, 11) is 0. The first kappa shape index (κ1) is 22.8. The van der Waals surface area contributed by atoms with E-state index in [9.17, 15) is 18.0 Å². The fourth-order valence-electron chi connectivity index (χ4n) is 3.79. The number of terminal acetylenes is 1. The Morgan fingerprint density at radius 1 is 1.27 bits per heavy atom. The van der Waals surface area contributed by atoms with Crippen molar-refractivity contribution in [1.82, 2.24) is 4.98 Å². The van der Waals surface area contributed by atoms with Gasteiger partial charge in [0.2, 0.25) is 0 Å². The summed E-state index contributed by atoms with van der Waals surface area (Å²) in [6.07, 6.45) is 6.48. The number of aromatic nitrogens is 1. The molecule has 0 aliphatic carbocycles. The number of benzene rings is 2. The molecular weight excluding hydrogens is 449 g/mol. The van der Waals surface area contributed by atoms with Crippen LogP contribution in [0.15, 0.2) is 41.8 Å². The maximum atomic E-state index is 14.7.